The Morgan fingerprint density at radius 3 is 2.50 bits per heavy atom. The van der Waals surface area contributed by atoms with Gasteiger partial charge < -0.3 is 24.8 Å². The van der Waals surface area contributed by atoms with Gasteiger partial charge in [0.15, 0.2) is 0 Å². The topological polar surface area (TPSA) is 77.7 Å². The number of hydrogen-bond donors (Lipinski definition) is 2. The lowest BCUT2D eigenvalue weighted by molar-refractivity contribution is 0.202. The maximum Gasteiger partial charge on any atom is 0.322 e. The van der Waals surface area contributed by atoms with Crippen LogP contribution in [-0.4, -0.2) is 55.1 Å². The minimum absolute atomic E-state index is 0.176. The Bertz CT molecular complexity index is 1080. The summed E-state index contributed by atoms with van der Waals surface area (Å²) < 4.78 is 5.27. The number of H-pyrrole nitrogens is 1. The Morgan fingerprint density at radius 2 is 1.83 bits per heavy atom. The molecule has 0 fully saturated rings. The SMILES string of the molecule is COc1ccc2[nH]c(=O)c(CN(CCN(C)C)C(=O)Nc3ccc(Cl)cc3)cc2c1. The second-order valence-electron chi connectivity index (χ2n) is 7.24. The van der Waals surface area contributed by atoms with Crippen molar-refractivity contribution in [2.24, 2.45) is 0 Å². The number of rotatable bonds is 7. The first kappa shape index (κ1) is 21.7. The van der Waals surface area contributed by atoms with Crippen molar-refractivity contribution in [2.75, 3.05) is 39.6 Å². The van der Waals surface area contributed by atoms with Crippen molar-refractivity contribution >= 4 is 34.2 Å². The number of pyridine rings is 1. The van der Waals surface area contributed by atoms with E-state index in [1.165, 1.54) is 0 Å². The number of nitrogens with zero attached hydrogens (tertiary/aromatic N) is 2. The molecule has 1 heterocycles. The number of methoxy groups -OCH3 is 1. The first-order chi connectivity index (χ1) is 14.4. The number of nitrogens with one attached hydrogen (secondary N) is 2. The van der Waals surface area contributed by atoms with Crippen molar-refractivity contribution in [2.45, 2.75) is 6.54 Å². The summed E-state index contributed by atoms with van der Waals surface area (Å²) in [6.45, 7) is 1.30. The first-order valence-electron chi connectivity index (χ1n) is 9.52. The number of benzene rings is 2. The largest absolute Gasteiger partial charge is 0.497 e. The molecule has 2 amide bonds. The highest BCUT2D eigenvalue weighted by atomic mass is 35.5. The molecule has 1 aromatic heterocycles. The zero-order chi connectivity index (χ0) is 21.7. The molecule has 3 rings (SSSR count). The molecule has 3 aromatic rings. The number of aromatic nitrogens is 1. The van der Waals surface area contributed by atoms with Crippen LogP contribution in [0.25, 0.3) is 10.9 Å². The standard InChI is InChI=1S/C22H25ClN4O3/c1-26(2)10-11-27(22(29)24-18-6-4-17(23)5-7-18)14-16-12-15-13-19(30-3)8-9-20(15)25-21(16)28/h4-9,12-13H,10-11,14H2,1-3H3,(H,24,29)(H,25,28). The van der Waals surface area contributed by atoms with Crippen LogP contribution >= 0.6 is 11.6 Å². The summed E-state index contributed by atoms with van der Waals surface area (Å²) in [4.78, 5) is 32.0. The fraction of sp³-hybridized carbons (Fsp3) is 0.273. The van der Waals surface area contributed by atoms with Gasteiger partial charge in [0.2, 0.25) is 0 Å². The summed E-state index contributed by atoms with van der Waals surface area (Å²) in [6, 6.07) is 13.9. The van der Waals surface area contributed by atoms with Gasteiger partial charge in [-0.15, -0.1) is 0 Å². The van der Waals surface area contributed by atoms with E-state index in [9.17, 15) is 9.59 Å². The summed E-state index contributed by atoms with van der Waals surface area (Å²) in [5.74, 6) is 0.699. The molecule has 2 N–H and O–H groups in total. The molecule has 0 aliphatic rings. The Kier molecular flexibility index (Phi) is 6.97. The third-order valence-electron chi connectivity index (χ3n) is 4.69. The summed E-state index contributed by atoms with van der Waals surface area (Å²) >= 11 is 5.91. The lowest BCUT2D eigenvalue weighted by Crippen LogP contribution is -2.40. The molecular weight excluding hydrogens is 404 g/mol. The summed E-state index contributed by atoms with van der Waals surface area (Å²) in [5, 5.41) is 4.30. The number of ether oxygens (including phenoxy) is 1. The van der Waals surface area contributed by atoms with Gasteiger partial charge in [0.1, 0.15) is 5.75 Å². The number of carbonyl (C=O) groups excluding carboxylic acids is 1. The third kappa shape index (κ3) is 5.52. The van der Waals surface area contributed by atoms with Crippen molar-refractivity contribution in [3.05, 3.63) is 69.5 Å². The average molecular weight is 429 g/mol. The van der Waals surface area contributed by atoms with Gasteiger partial charge in [-0.1, -0.05) is 11.6 Å². The van der Waals surface area contributed by atoms with Crippen molar-refractivity contribution in [3.8, 4) is 5.75 Å². The Hall–Kier alpha value is -3.03. The highest BCUT2D eigenvalue weighted by Crippen LogP contribution is 2.20. The van der Waals surface area contributed by atoms with E-state index in [2.05, 4.69) is 10.3 Å². The average Bonchev–Trinajstić information content (AvgIpc) is 2.72. The molecule has 0 aliphatic carbocycles. The number of halogens is 1. The Balaban J connectivity index is 1.86. The molecule has 0 saturated carbocycles. The van der Waals surface area contributed by atoms with Gasteiger partial charge >= 0.3 is 6.03 Å². The van der Waals surface area contributed by atoms with Gasteiger partial charge in [0.05, 0.1) is 13.7 Å². The highest BCUT2D eigenvalue weighted by Gasteiger charge is 2.17. The van der Waals surface area contributed by atoms with Crippen LogP contribution in [0.1, 0.15) is 5.56 Å². The molecule has 0 saturated heterocycles. The molecule has 158 valence electrons. The minimum Gasteiger partial charge on any atom is -0.497 e. The number of hydrogen-bond acceptors (Lipinski definition) is 4. The van der Waals surface area contributed by atoms with Crippen LogP contribution in [0.3, 0.4) is 0 Å². The molecule has 0 radical (unpaired) electrons. The van der Waals surface area contributed by atoms with Gasteiger partial charge in [0, 0.05) is 40.3 Å². The first-order valence-corrected chi connectivity index (χ1v) is 9.89. The van der Waals surface area contributed by atoms with E-state index in [-0.39, 0.29) is 18.1 Å². The number of anilines is 1. The van der Waals surface area contributed by atoms with Gasteiger partial charge in [-0.05, 0) is 62.6 Å². The fourth-order valence-corrected chi connectivity index (χ4v) is 3.11. The zero-order valence-electron chi connectivity index (χ0n) is 17.2. The molecule has 2 aromatic carbocycles. The molecule has 0 atom stereocenters. The predicted octanol–water partition coefficient (Wildman–Crippen LogP) is 3.79. The maximum absolute atomic E-state index is 12.9. The van der Waals surface area contributed by atoms with Crippen molar-refractivity contribution in [1.29, 1.82) is 0 Å². The molecule has 0 bridgehead atoms. The van der Waals surface area contributed by atoms with Crippen molar-refractivity contribution in [1.82, 2.24) is 14.8 Å². The van der Waals surface area contributed by atoms with E-state index in [0.29, 0.717) is 35.1 Å². The van der Waals surface area contributed by atoms with Crippen molar-refractivity contribution < 1.29 is 9.53 Å². The number of urea groups is 1. The van der Waals surface area contributed by atoms with E-state index in [1.807, 2.05) is 25.1 Å². The minimum atomic E-state index is -0.288. The molecule has 30 heavy (non-hydrogen) atoms. The van der Waals surface area contributed by atoms with Crippen LogP contribution in [0, 0.1) is 0 Å². The zero-order valence-corrected chi connectivity index (χ0v) is 18.0. The fourth-order valence-electron chi connectivity index (χ4n) is 2.99. The van der Waals surface area contributed by atoms with E-state index >= 15 is 0 Å². The second kappa shape index (κ2) is 9.65. The van der Waals surface area contributed by atoms with E-state index in [4.69, 9.17) is 16.3 Å². The van der Waals surface area contributed by atoms with Crippen LogP contribution in [0.4, 0.5) is 10.5 Å². The van der Waals surface area contributed by atoms with Gasteiger partial charge in [-0.3, -0.25) is 4.79 Å². The summed E-state index contributed by atoms with van der Waals surface area (Å²) in [7, 11) is 5.46. The number of carbonyl (C=O) groups is 1. The van der Waals surface area contributed by atoms with Crippen molar-refractivity contribution in [3.63, 3.8) is 0 Å². The molecule has 8 heteroatoms. The smallest absolute Gasteiger partial charge is 0.322 e. The molecule has 0 aliphatic heterocycles. The predicted molar refractivity (Wildman–Crippen MR) is 121 cm³/mol. The third-order valence-corrected chi connectivity index (χ3v) is 4.94. The lowest BCUT2D eigenvalue weighted by Gasteiger charge is -2.24. The number of fused-ring (bicyclic) bond motifs is 1. The van der Waals surface area contributed by atoms with Crippen LogP contribution in [0.15, 0.2) is 53.3 Å². The lowest BCUT2D eigenvalue weighted by atomic mass is 10.1. The van der Waals surface area contributed by atoms with Crippen LogP contribution in [0.5, 0.6) is 5.75 Å². The molecule has 0 spiro atoms. The molecule has 7 nitrogen and oxygen atoms in total. The van der Waals surface area contributed by atoms with E-state index < -0.39 is 0 Å². The van der Waals surface area contributed by atoms with Crippen LogP contribution < -0.4 is 15.6 Å². The number of likely N-dealkylation sites (N-methyl/N-ethyl adjacent to an activating group) is 1. The second-order valence-corrected chi connectivity index (χ2v) is 7.68. The normalized spacial score (nSPS) is 11.0. The van der Waals surface area contributed by atoms with Crippen LogP contribution in [-0.2, 0) is 6.54 Å². The molecule has 0 unspecified atom stereocenters. The number of amides is 2. The summed E-state index contributed by atoms with van der Waals surface area (Å²) in [6.07, 6.45) is 0. The quantitative estimate of drug-likeness (QED) is 0.600. The Morgan fingerprint density at radius 1 is 1.10 bits per heavy atom. The highest BCUT2D eigenvalue weighted by molar-refractivity contribution is 6.30. The van der Waals surface area contributed by atoms with Gasteiger partial charge in [-0.2, -0.15) is 0 Å². The van der Waals surface area contributed by atoms with Gasteiger partial charge in [0.25, 0.3) is 5.56 Å². The number of aromatic amines is 1. The maximum atomic E-state index is 12.9. The van der Waals surface area contributed by atoms with E-state index in [1.54, 1.807) is 54.5 Å². The van der Waals surface area contributed by atoms with Gasteiger partial charge in [-0.25, -0.2) is 4.79 Å². The monoisotopic (exact) mass is 428 g/mol. The summed E-state index contributed by atoms with van der Waals surface area (Å²) in [5.41, 5.74) is 1.63. The van der Waals surface area contributed by atoms with Crippen LogP contribution in [0.2, 0.25) is 5.02 Å². The van der Waals surface area contributed by atoms with E-state index in [0.717, 1.165) is 10.9 Å². The molecular formula is C22H25ClN4O3. The Labute approximate surface area is 180 Å².